The second-order valence-corrected chi connectivity index (χ2v) is 7.31. The number of anilines is 1. The minimum absolute atomic E-state index is 0.112. The largest absolute Gasteiger partial charge is 0.444 e. The summed E-state index contributed by atoms with van der Waals surface area (Å²) in [6, 6.07) is 3.66. The predicted octanol–water partition coefficient (Wildman–Crippen LogP) is 3.36. The Bertz CT molecular complexity index is 530. The molecule has 0 spiro atoms. The summed E-state index contributed by atoms with van der Waals surface area (Å²) in [5.74, 6) is 0.740. The van der Waals surface area contributed by atoms with Crippen molar-refractivity contribution in [3.8, 4) is 0 Å². The van der Waals surface area contributed by atoms with Crippen LogP contribution in [0.1, 0.15) is 40.0 Å². The third kappa shape index (κ3) is 5.23. The van der Waals surface area contributed by atoms with Gasteiger partial charge in [-0.2, -0.15) is 0 Å². The van der Waals surface area contributed by atoms with E-state index in [1.165, 1.54) is 0 Å². The van der Waals surface area contributed by atoms with Gasteiger partial charge in [-0.05, 0) is 52.2 Å². The molecule has 2 rings (SSSR count). The number of piperidine rings is 1. The summed E-state index contributed by atoms with van der Waals surface area (Å²) in [6.45, 7) is 7.09. The number of likely N-dealkylation sites (N-methyl/N-ethyl adjacent to an activating group) is 1. The molecule has 23 heavy (non-hydrogen) atoms. The van der Waals surface area contributed by atoms with Gasteiger partial charge in [-0.3, -0.25) is 0 Å². The molecule has 1 unspecified atom stereocenters. The Labute approximate surface area is 142 Å². The maximum atomic E-state index is 12.4. The summed E-state index contributed by atoms with van der Waals surface area (Å²) >= 11 is 5.77. The molecule has 1 aromatic heterocycles. The van der Waals surface area contributed by atoms with Crippen molar-refractivity contribution in [3.63, 3.8) is 0 Å². The molecule has 0 N–H and O–H groups in total. The molecule has 1 saturated heterocycles. The average Bonchev–Trinajstić information content (AvgIpc) is 2.46. The molecular weight excluding hydrogens is 316 g/mol. The molecular formula is C16H25ClN4O2. The first-order chi connectivity index (χ1) is 10.8. The highest BCUT2D eigenvalue weighted by molar-refractivity contribution is 6.29. The van der Waals surface area contributed by atoms with Crippen molar-refractivity contribution in [2.24, 2.45) is 0 Å². The first-order valence-corrected chi connectivity index (χ1v) is 8.34. The lowest BCUT2D eigenvalue weighted by Gasteiger charge is -2.38. The Morgan fingerprint density at radius 3 is 2.74 bits per heavy atom. The second kappa shape index (κ2) is 7.34. The Morgan fingerprint density at radius 2 is 2.13 bits per heavy atom. The van der Waals surface area contributed by atoms with Gasteiger partial charge in [0.25, 0.3) is 0 Å². The summed E-state index contributed by atoms with van der Waals surface area (Å²) in [5, 5.41) is 8.32. The molecule has 0 bridgehead atoms. The van der Waals surface area contributed by atoms with E-state index in [1.54, 1.807) is 6.07 Å². The topological polar surface area (TPSA) is 58.6 Å². The van der Waals surface area contributed by atoms with Gasteiger partial charge in [0.15, 0.2) is 11.0 Å². The van der Waals surface area contributed by atoms with E-state index < -0.39 is 5.60 Å². The van der Waals surface area contributed by atoms with Crippen LogP contribution in [0.5, 0.6) is 0 Å². The number of amides is 1. The van der Waals surface area contributed by atoms with Crippen molar-refractivity contribution in [3.05, 3.63) is 17.3 Å². The summed E-state index contributed by atoms with van der Waals surface area (Å²) in [6.07, 6.45) is 2.85. The molecule has 1 aliphatic rings. The van der Waals surface area contributed by atoms with Crippen LogP contribution < -0.4 is 4.90 Å². The molecule has 2 heterocycles. The van der Waals surface area contributed by atoms with E-state index in [9.17, 15) is 4.79 Å². The molecule has 1 amide bonds. The van der Waals surface area contributed by atoms with Crippen LogP contribution >= 0.6 is 11.6 Å². The fraction of sp³-hybridized carbons (Fsp3) is 0.688. The van der Waals surface area contributed by atoms with Crippen LogP contribution in [0.25, 0.3) is 0 Å². The fourth-order valence-corrected chi connectivity index (χ4v) is 2.77. The maximum Gasteiger partial charge on any atom is 0.410 e. The molecule has 128 valence electrons. The molecule has 0 aromatic carbocycles. The van der Waals surface area contributed by atoms with Crippen molar-refractivity contribution in [2.75, 3.05) is 25.0 Å². The minimum Gasteiger partial charge on any atom is -0.444 e. The number of nitrogens with zero attached hydrogens (tertiary/aromatic N) is 4. The third-order valence-corrected chi connectivity index (χ3v) is 3.95. The molecule has 0 radical (unpaired) electrons. The van der Waals surface area contributed by atoms with Gasteiger partial charge >= 0.3 is 6.09 Å². The molecule has 7 heteroatoms. The van der Waals surface area contributed by atoms with Gasteiger partial charge in [-0.15, -0.1) is 10.2 Å². The number of likely N-dealkylation sites (tertiary alicyclic amines) is 1. The lowest BCUT2D eigenvalue weighted by molar-refractivity contribution is 0.0108. The molecule has 1 aliphatic heterocycles. The first kappa shape index (κ1) is 17.8. The number of rotatable bonds is 3. The van der Waals surface area contributed by atoms with Crippen molar-refractivity contribution < 1.29 is 9.53 Å². The number of halogens is 1. The quantitative estimate of drug-likeness (QED) is 0.844. The Balaban J connectivity index is 2.03. The smallest absolute Gasteiger partial charge is 0.410 e. The highest BCUT2D eigenvalue weighted by atomic mass is 35.5. The Morgan fingerprint density at radius 1 is 1.39 bits per heavy atom. The van der Waals surface area contributed by atoms with Crippen LogP contribution in [-0.2, 0) is 4.74 Å². The zero-order valence-corrected chi connectivity index (χ0v) is 15.0. The second-order valence-electron chi connectivity index (χ2n) is 6.92. The molecule has 1 atom stereocenters. The van der Waals surface area contributed by atoms with Gasteiger partial charge in [-0.25, -0.2) is 4.79 Å². The number of hydrogen-bond donors (Lipinski definition) is 0. The van der Waals surface area contributed by atoms with Crippen LogP contribution in [0.3, 0.4) is 0 Å². The van der Waals surface area contributed by atoms with Crippen LogP contribution in [0.2, 0.25) is 5.15 Å². The standard InChI is InChI=1S/C16H25ClN4O2/c1-16(2,3)23-15(22)21-10-6-5-7-12(21)11-20(4)14-9-8-13(17)18-19-14/h8-9,12H,5-7,10-11H2,1-4H3. The molecule has 6 nitrogen and oxygen atoms in total. The van der Waals surface area contributed by atoms with Crippen molar-refractivity contribution in [1.29, 1.82) is 0 Å². The van der Waals surface area contributed by atoms with Crippen molar-refractivity contribution in [1.82, 2.24) is 15.1 Å². The van der Waals surface area contributed by atoms with E-state index in [0.29, 0.717) is 11.7 Å². The van der Waals surface area contributed by atoms with E-state index in [0.717, 1.165) is 31.6 Å². The summed E-state index contributed by atoms with van der Waals surface area (Å²) in [4.78, 5) is 16.3. The van der Waals surface area contributed by atoms with Gasteiger partial charge in [-0.1, -0.05) is 11.6 Å². The molecule has 0 aliphatic carbocycles. The van der Waals surface area contributed by atoms with E-state index >= 15 is 0 Å². The zero-order valence-electron chi connectivity index (χ0n) is 14.3. The van der Waals surface area contributed by atoms with E-state index in [1.807, 2.05) is 43.7 Å². The summed E-state index contributed by atoms with van der Waals surface area (Å²) < 4.78 is 5.53. The number of hydrogen-bond acceptors (Lipinski definition) is 5. The maximum absolute atomic E-state index is 12.4. The van der Waals surface area contributed by atoms with Crippen molar-refractivity contribution in [2.45, 2.75) is 51.7 Å². The number of carbonyl (C=O) groups excluding carboxylic acids is 1. The fourth-order valence-electron chi connectivity index (χ4n) is 2.67. The lowest BCUT2D eigenvalue weighted by atomic mass is 10.0. The summed E-state index contributed by atoms with van der Waals surface area (Å²) in [7, 11) is 1.94. The van der Waals surface area contributed by atoms with Gasteiger partial charge < -0.3 is 14.5 Å². The zero-order chi connectivity index (χ0) is 17.0. The van der Waals surface area contributed by atoms with Crippen LogP contribution in [-0.4, -0.2) is 53.0 Å². The Kier molecular flexibility index (Phi) is 5.68. The Hall–Kier alpha value is -1.56. The van der Waals surface area contributed by atoms with Crippen LogP contribution in [0.15, 0.2) is 12.1 Å². The average molecular weight is 341 g/mol. The van der Waals surface area contributed by atoms with E-state index in [-0.39, 0.29) is 12.1 Å². The highest BCUT2D eigenvalue weighted by Gasteiger charge is 2.31. The lowest BCUT2D eigenvalue weighted by Crippen LogP contribution is -2.50. The number of aromatic nitrogens is 2. The minimum atomic E-state index is -0.480. The third-order valence-electron chi connectivity index (χ3n) is 3.75. The van der Waals surface area contributed by atoms with Crippen molar-refractivity contribution >= 4 is 23.5 Å². The molecule has 0 saturated carbocycles. The highest BCUT2D eigenvalue weighted by Crippen LogP contribution is 2.22. The first-order valence-electron chi connectivity index (χ1n) is 7.96. The van der Waals surface area contributed by atoms with Gasteiger partial charge in [0, 0.05) is 20.1 Å². The SMILES string of the molecule is CN(CC1CCCCN1C(=O)OC(C)(C)C)c1ccc(Cl)nn1. The normalized spacial score (nSPS) is 18.7. The van der Waals surface area contributed by atoms with Crippen LogP contribution in [0, 0.1) is 0 Å². The number of carbonyl (C=O) groups is 1. The monoisotopic (exact) mass is 340 g/mol. The van der Waals surface area contributed by atoms with Gasteiger partial charge in [0.05, 0.1) is 6.04 Å². The predicted molar refractivity (Wildman–Crippen MR) is 90.9 cm³/mol. The van der Waals surface area contributed by atoms with E-state index in [2.05, 4.69) is 10.2 Å². The molecule has 1 fully saturated rings. The molecule has 1 aromatic rings. The number of ether oxygens (including phenoxy) is 1. The van der Waals surface area contributed by atoms with Gasteiger partial charge in [0.2, 0.25) is 0 Å². The van der Waals surface area contributed by atoms with Gasteiger partial charge in [0.1, 0.15) is 5.60 Å². The summed E-state index contributed by atoms with van der Waals surface area (Å²) in [5.41, 5.74) is -0.480. The van der Waals surface area contributed by atoms with E-state index in [4.69, 9.17) is 16.3 Å². The van der Waals surface area contributed by atoms with Crippen LogP contribution in [0.4, 0.5) is 10.6 Å².